The van der Waals surface area contributed by atoms with Crippen LogP contribution < -0.4 is 10.5 Å². The second kappa shape index (κ2) is 5.99. The summed E-state index contributed by atoms with van der Waals surface area (Å²) in [6.45, 7) is 1.47. The highest BCUT2D eigenvalue weighted by atomic mass is 19.1. The average molecular weight is 268 g/mol. The molecule has 1 amide bonds. The number of benzene rings is 1. The van der Waals surface area contributed by atoms with Gasteiger partial charge >= 0.3 is 0 Å². The Labute approximate surface area is 111 Å². The molecule has 2 rings (SSSR count). The third kappa shape index (κ3) is 3.21. The summed E-state index contributed by atoms with van der Waals surface area (Å²) in [5.41, 5.74) is 6.64. The lowest BCUT2D eigenvalue weighted by Gasteiger charge is -2.29. The van der Waals surface area contributed by atoms with E-state index in [4.69, 9.17) is 15.2 Å². The van der Waals surface area contributed by atoms with Crippen LogP contribution in [0.5, 0.6) is 5.75 Å². The highest BCUT2D eigenvalue weighted by Gasteiger charge is 2.21. The maximum absolute atomic E-state index is 13.6. The first-order valence-electron chi connectivity index (χ1n) is 6.06. The maximum atomic E-state index is 13.6. The quantitative estimate of drug-likeness (QED) is 0.872. The van der Waals surface area contributed by atoms with Crippen molar-refractivity contribution in [3.8, 4) is 5.75 Å². The summed E-state index contributed by atoms with van der Waals surface area (Å²) >= 11 is 0. The van der Waals surface area contributed by atoms with Gasteiger partial charge in [0.25, 0.3) is 0 Å². The van der Waals surface area contributed by atoms with Crippen molar-refractivity contribution in [1.29, 1.82) is 0 Å². The maximum Gasteiger partial charge on any atom is 0.248 e. The van der Waals surface area contributed by atoms with Crippen LogP contribution in [0.15, 0.2) is 18.2 Å². The molecule has 1 aliphatic rings. The minimum atomic E-state index is -0.455. The van der Waals surface area contributed by atoms with Crippen molar-refractivity contribution in [1.82, 2.24) is 4.90 Å². The molecule has 1 fully saturated rings. The van der Waals surface area contributed by atoms with Gasteiger partial charge in [0.1, 0.15) is 6.61 Å². The molecule has 5 nitrogen and oxygen atoms in total. The largest absolute Gasteiger partial charge is 0.494 e. The molecule has 104 valence electrons. The summed E-state index contributed by atoms with van der Waals surface area (Å²) in [6, 6.07) is 4.15. The first kappa shape index (κ1) is 13.8. The molecule has 0 bridgehead atoms. The topological polar surface area (TPSA) is 64.8 Å². The van der Waals surface area contributed by atoms with Crippen LogP contribution in [0, 0.1) is 5.82 Å². The second-order valence-corrected chi connectivity index (χ2v) is 4.39. The van der Waals surface area contributed by atoms with Crippen molar-refractivity contribution in [2.75, 3.05) is 33.4 Å². The number of morpholine rings is 1. The molecule has 19 heavy (non-hydrogen) atoms. The highest BCUT2D eigenvalue weighted by Crippen LogP contribution is 2.21. The number of methoxy groups -OCH3 is 1. The van der Waals surface area contributed by atoms with Crippen molar-refractivity contribution >= 4 is 5.91 Å². The first-order chi connectivity index (χ1) is 9.11. The number of ether oxygens (including phenoxy) is 2. The van der Waals surface area contributed by atoms with Gasteiger partial charge in [-0.15, -0.1) is 0 Å². The van der Waals surface area contributed by atoms with E-state index in [1.165, 1.54) is 19.2 Å². The van der Waals surface area contributed by atoms with Gasteiger partial charge in [-0.25, -0.2) is 4.39 Å². The smallest absolute Gasteiger partial charge is 0.248 e. The molecule has 0 spiro atoms. The summed E-state index contributed by atoms with van der Waals surface area (Å²) in [4.78, 5) is 13.2. The van der Waals surface area contributed by atoms with Crippen molar-refractivity contribution < 1.29 is 18.7 Å². The normalized spacial score (nSPS) is 17.4. The van der Waals surface area contributed by atoms with Gasteiger partial charge in [-0.3, -0.25) is 4.79 Å². The van der Waals surface area contributed by atoms with Crippen molar-refractivity contribution in [3.05, 3.63) is 29.6 Å². The number of nitrogens with two attached hydrogens (primary N) is 1. The molecule has 0 saturated carbocycles. The fourth-order valence-electron chi connectivity index (χ4n) is 2.00. The molecule has 1 heterocycles. The molecule has 1 aliphatic heterocycles. The number of carbonyl (C=O) groups is 1. The molecular formula is C13H17FN2O3. The number of halogens is 1. The van der Waals surface area contributed by atoms with Gasteiger partial charge in [0.15, 0.2) is 11.6 Å². The highest BCUT2D eigenvalue weighted by molar-refractivity contribution is 5.78. The Morgan fingerprint density at radius 3 is 3.00 bits per heavy atom. The fraction of sp³-hybridized carbons (Fsp3) is 0.462. The standard InChI is InChI=1S/C13H17FN2O3/c1-18-12-3-2-9(6-10(12)14)11(15)7-16-4-5-19-8-13(16)17/h2-3,6,11H,4-5,7-8,15H2,1H3. The van der Waals surface area contributed by atoms with Crippen LogP contribution in [0.3, 0.4) is 0 Å². The molecule has 2 N–H and O–H groups in total. The summed E-state index contributed by atoms with van der Waals surface area (Å²) in [5.74, 6) is -0.363. The van der Waals surface area contributed by atoms with Crippen LogP contribution in [0.2, 0.25) is 0 Å². The number of hydrogen-bond donors (Lipinski definition) is 1. The van der Waals surface area contributed by atoms with Crippen molar-refractivity contribution in [3.63, 3.8) is 0 Å². The van der Waals surface area contributed by atoms with E-state index in [9.17, 15) is 9.18 Å². The molecule has 6 heteroatoms. The van der Waals surface area contributed by atoms with Crippen LogP contribution in [0.25, 0.3) is 0 Å². The van der Waals surface area contributed by atoms with Crippen LogP contribution in [-0.4, -0.2) is 44.2 Å². The Morgan fingerprint density at radius 1 is 1.58 bits per heavy atom. The van der Waals surface area contributed by atoms with E-state index < -0.39 is 11.9 Å². The lowest BCUT2D eigenvalue weighted by atomic mass is 10.1. The lowest BCUT2D eigenvalue weighted by Crippen LogP contribution is -2.44. The molecule has 1 aromatic carbocycles. The zero-order valence-electron chi connectivity index (χ0n) is 10.8. The monoisotopic (exact) mass is 268 g/mol. The molecule has 0 aliphatic carbocycles. The molecule has 1 atom stereocenters. The summed E-state index contributed by atoms with van der Waals surface area (Å²) in [7, 11) is 1.41. The number of hydrogen-bond acceptors (Lipinski definition) is 4. The third-order valence-corrected chi connectivity index (χ3v) is 3.10. The Bertz CT molecular complexity index is 467. The minimum absolute atomic E-state index is 0.0870. The molecule has 0 radical (unpaired) electrons. The van der Waals surface area contributed by atoms with Gasteiger partial charge in [0.2, 0.25) is 5.91 Å². The van der Waals surface area contributed by atoms with E-state index in [-0.39, 0.29) is 18.3 Å². The number of amides is 1. The zero-order chi connectivity index (χ0) is 13.8. The van der Waals surface area contributed by atoms with Gasteiger partial charge in [-0.2, -0.15) is 0 Å². The summed E-state index contributed by atoms with van der Waals surface area (Å²) in [5, 5.41) is 0. The number of nitrogens with zero attached hydrogens (tertiary/aromatic N) is 1. The zero-order valence-corrected chi connectivity index (χ0v) is 10.8. The van der Waals surface area contributed by atoms with E-state index in [2.05, 4.69) is 0 Å². The van der Waals surface area contributed by atoms with Gasteiger partial charge in [-0.05, 0) is 17.7 Å². The second-order valence-electron chi connectivity index (χ2n) is 4.39. The molecule has 0 aromatic heterocycles. The fourth-order valence-corrected chi connectivity index (χ4v) is 2.00. The van der Waals surface area contributed by atoms with E-state index in [1.807, 2.05) is 0 Å². The predicted molar refractivity (Wildman–Crippen MR) is 67.3 cm³/mol. The Morgan fingerprint density at radius 2 is 2.37 bits per heavy atom. The molecular weight excluding hydrogens is 251 g/mol. The van der Waals surface area contributed by atoms with E-state index in [1.54, 1.807) is 11.0 Å². The van der Waals surface area contributed by atoms with Crippen LogP contribution in [-0.2, 0) is 9.53 Å². The third-order valence-electron chi connectivity index (χ3n) is 3.10. The summed E-state index contributed by atoms with van der Waals surface area (Å²) < 4.78 is 23.5. The van der Waals surface area contributed by atoms with Gasteiger partial charge in [0, 0.05) is 19.1 Å². The summed E-state index contributed by atoms with van der Waals surface area (Å²) in [6.07, 6.45) is 0. The Balaban J connectivity index is 2.04. The molecule has 1 saturated heterocycles. The van der Waals surface area contributed by atoms with Gasteiger partial charge in [0.05, 0.1) is 13.7 Å². The van der Waals surface area contributed by atoms with E-state index >= 15 is 0 Å². The van der Waals surface area contributed by atoms with Gasteiger partial charge < -0.3 is 20.1 Å². The van der Waals surface area contributed by atoms with Crippen molar-refractivity contribution in [2.24, 2.45) is 5.73 Å². The molecule has 1 aromatic rings. The molecule has 1 unspecified atom stereocenters. The Hall–Kier alpha value is -1.66. The van der Waals surface area contributed by atoms with Crippen LogP contribution in [0.4, 0.5) is 4.39 Å². The minimum Gasteiger partial charge on any atom is -0.494 e. The number of carbonyl (C=O) groups excluding carboxylic acids is 1. The van der Waals surface area contributed by atoms with E-state index in [0.29, 0.717) is 25.3 Å². The SMILES string of the molecule is COc1ccc(C(N)CN2CCOCC2=O)cc1F. The van der Waals surface area contributed by atoms with E-state index in [0.717, 1.165) is 0 Å². The van der Waals surface area contributed by atoms with Crippen molar-refractivity contribution in [2.45, 2.75) is 6.04 Å². The first-order valence-corrected chi connectivity index (χ1v) is 6.06. The lowest BCUT2D eigenvalue weighted by molar-refractivity contribution is -0.142. The number of rotatable bonds is 4. The van der Waals surface area contributed by atoms with Gasteiger partial charge in [-0.1, -0.05) is 6.07 Å². The Kier molecular flexibility index (Phi) is 4.34. The van der Waals surface area contributed by atoms with Crippen LogP contribution in [0.1, 0.15) is 11.6 Å². The predicted octanol–water partition coefficient (Wildman–Crippen LogP) is 0.693. The van der Waals surface area contributed by atoms with Crippen LogP contribution >= 0.6 is 0 Å². The average Bonchev–Trinajstić information content (AvgIpc) is 2.41.